The number of methoxy groups -OCH3 is 1. The van der Waals surface area contributed by atoms with Crippen molar-refractivity contribution < 1.29 is 14.2 Å². The lowest BCUT2D eigenvalue weighted by Gasteiger charge is -2.16. The normalized spacial score (nSPS) is 12.2. The first-order valence-electron chi connectivity index (χ1n) is 6.80. The fraction of sp³-hybridized carbons (Fsp3) is 0.294. The topological polar surface area (TPSA) is 29.5 Å². The van der Waals surface area contributed by atoms with Gasteiger partial charge in [-0.15, -0.1) is 0 Å². The summed E-state index contributed by atoms with van der Waals surface area (Å²) in [5.41, 5.74) is 1.50. The molecule has 1 N–H and O–H groups in total. The molecule has 1 unspecified atom stereocenters. The molecule has 0 spiro atoms. The highest BCUT2D eigenvalue weighted by atomic mass is 35.5. The molecule has 2 rings (SSSR count). The smallest absolute Gasteiger partial charge is 0.127 e. The summed E-state index contributed by atoms with van der Waals surface area (Å²) in [7, 11) is 1.61. The molecule has 1 atom stereocenters. The van der Waals surface area contributed by atoms with E-state index >= 15 is 0 Å². The van der Waals surface area contributed by atoms with Gasteiger partial charge in [-0.1, -0.05) is 29.8 Å². The molecular weight excluding hydrogens is 291 g/mol. The van der Waals surface area contributed by atoms with Crippen LogP contribution < -0.4 is 4.74 Å². The van der Waals surface area contributed by atoms with Crippen molar-refractivity contribution in [3.63, 3.8) is 0 Å². The van der Waals surface area contributed by atoms with Gasteiger partial charge in [-0.2, -0.15) is 0 Å². The maximum absolute atomic E-state index is 13.8. The zero-order chi connectivity index (χ0) is 15.2. The Morgan fingerprint density at radius 3 is 2.62 bits per heavy atom. The molecule has 0 heterocycles. The lowest BCUT2D eigenvalue weighted by Crippen LogP contribution is -2.14. The van der Waals surface area contributed by atoms with E-state index in [0.29, 0.717) is 23.4 Å². The van der Waals surface area contributed by atoms with Gasteiger partial charge in [0.25, 0.3) is 0 Å². The van der Waals surface area contributed by atoms with Crippen molar-refractivity contribution >= 4 is 11.6 Å². The quantitative estimate of drug-likeness (QED) is 0.877. The second-order valence-corrected chi connectivity index (χ2v) is 5.42. The summed E-state index contributed by atoms with van der Waals surface area (Å²) in [6.07, 6.45) is 1.04. The Hall–Kier alpha value is -1.58. The molecule has 2 aromatic rings. The predicted molar refractivity (Wildman–Crippen MR) is 82.4 cm³/mol. The molecule has 0 radical (unpaired) electrons. The standard InChI is InChI=1S/C17H18ClFO2/c1-21-14-5-2-4-12(9-14)8-13(11-20)10-15-16(18)6-3-7-17(15)19/h2-7,9,13,20H,8,10-11H2,1H3. The van der Waals surface area contributed by atoms with E-state index in [1.165, 1.54) is 6.07 Å². The summed E-state index contributed by atoms with van der Waals surface area (Å²) in [4.78, 5) is 0. The summed E-state index contributed by atoms with van der Waals surface area (Å²) < 4.78 is 19.0. The second kappa shape index (κ2) is 7.43. The number of hydrogen-bond acceptors (Lipinski definition) is 2. The Morgan fingerprint density at radius 1 is 1.19 bits per heavy atom. The number of aliphatic hydroxyl groups excluding tert-OH is 1. The van der Waals surface area contributed by atoms with Gasteiger partial charge in [-0.05, 0) is 48.6 Å². The first kappa shape index (κ1) is 15.8. The molecule has 0 aliphatic carbocycles. The van der Waals surface area contributed by atoms with Crippen LogP contribution in [0, 0.1) is 11.7 Å². The van der Waals surface area contributed by atoms with E-state index < -0.39 is 0 Å². The Labute approximate surface area is 129 Å². The Morgan fingerprint density at radius 2 is 1.95 bits per heavy atom. The van der Waals surface area contributed by atoms with Crippen molar-refractivity contribution in [1.82, 2.24) is 0 Å². The van der Waals surface area contributed by atoms with Gasteiger partial charge in [-0.3, -0.25) is 0 Å². The van der Waals surface area contributed by atoms with Crippen LogP contribution in [0.5, 0.6) is 5.75 Å². The maximum Gasteiger partial charge on any atom is 0.127 e. The van der Waals surface area contributed by atoms with E-state index in [2.05, 4.69) is 0 Å². The van der Waals surface area contributed by atoms with Crippen molar-refractivity contribution in [2.45, 2.75) is 12.8 Å². The molecule has 21 heavy (non-hydrogen) atoms. The number of ether oxygens (including phenoxy) is 1. The summed E-state index contributed by atoms with van der Waals surface area (Å²) >= 11 is 6.04. The lowest BCUT2D eigenvalue weighted by atomic mass is 9.93. The average Bonchev–Trinajstić information content (AvgIpc) is 2.50. The van der Waals surface area contributed by atoms with Gasteiger partial charge in [-0.25, -0.2) is 4.39 Å². The number of rotatable bonds is 6. The van der Waals surface area contributed by atoms with Gasteiger partial charge >= 0.3 is 0 Å². The molecule has 2 nitrogen and oxygen atoms in total. The molecular formula is C17H18ClFO2. The van der Waals surface area contributed by atoms with Gasteiger partial charge in [0.2, 0.25) is 0 Å². The summed E-state index contributed by atoms with van der Waals surface area (Å²) in [5, 5.41) is 9.96. The van der Waals surface area contributed by atoms with Crippen LogP contribution in [0.3, 0.4) is 0 Å². The van der Waals surface area contributed by atoms with Crippen molar-refractivity contribution in [2.24, 2.45) is 5.92 Å². The molecule has 0 amide bonds. The van der Waals surface area contributed by atoms with Crippen LogP contribution in [0.4, 0.5) is 4.39 Å². The molecule has 0 bridgehead atoms. The SMILES string of the molecule is COc1cccc(CC(CO)Cc2c(F)cccc2Cl)c1. The molecule has 0 aromatic heterocycles. The number of hydrogen-bond donors (Lipinski definition) is 1. The van der Waals surface area contributed by atoms with Gasteiger partial charge in [0.05, 0.1) is 7.11 Å². The first-order chi connectivity index (χ1) is 10.1. The van der Waals surface area contributed by atoms with E-state index in [0.717, 1.165) is 11.3 Å². The Kier molecular flexibility index (Phi) is 5.59. The van der Waals surface area contributed by atoms with E-state index in [4.69, 9.17) is 16.3 Å². The fourth-order valence-electron chi connectivity index (χ4n) is 2.35. The summed E-state index contributed by atoms with van der Waals surface area (Å²) in [5.74, 6) is 0.353. The second-order valence-electron chi connectivity index (χ2n) is 5.01. The minimum Gasteiger partial charge on any atom is -0.497 e. The molecule has 0 aliphatic rings. The maximum atomic E-state index is 13.8. The van der Waals surface area contributed by atoms with Crippen molar-refractivity contribution in [1.29, 1.82) is 0 Å². The molecule has 112 valence electrons. The highest BCUT2D eigenvalue weighted by Gasteiger charge is 2.15. The van der Waals surface area contributed by atoms with Crippen LogP contribution in [0.2, 0.25) is 5.02 Å². The zero-order valence-corrected chi connectivity index (χ0v) is 12.6. The van der Waals surface area contributed by atoms with Crippen LogP contribution in [-0.4, -0.2) is 18.8 Å². The third kappa shape index (κ3) is 4.19. The molecule has 0 aliphatic heterocycles. The summed E-state index contributed by atoms with van der Waals surface area (Å²) in [6.45, 7) is -0.0259. The molecule has 4 heteroatoms. The van der Waals surface area contributed by atoms with Gasteiger partial charge < -0.3 is 9.84 Å². The van der Waals surface area contributed by atoms with Gasteiger partial charge in [0.15, 0.2) is 0 Å². The zero-order valence-electron chi connectivity index (χ0n) is 11.9. The lowest BCUT2D eigenvalue weighted by molar-refractivity contribution is 0.224. The number of benzene rings is 2. The molecule has 0 fully saturated rings. The van der Waals surface area contributed by atoms with Crippen LogP contribution in [0.1, 0.15) is 11.1 Å². The number of halogens is 2. The Bertz CT molecular complexity index is 581. The van der Waals surface area contributed by atoms with E-state index in [-0.39, 0.29) is 18.3 Å². The average molecular weight is 309 g/mol. The van der Waals surface area contributed by atoms with E-state index in [9.17, 15) is 9.50 Å². The molecule has 0 saturated heterocycles. The van der Waals surface area contributed by atoms with Crippen LogP contribution >= 0.6 is 11.6 Å². The highest BCUT2D eigenvalue weighted by Crippen LogP contribution is 2.24. The van der Waals surface area contributed by atoms with E-state index in [1.54, 1.807) is 19.2 Å². The first-order valence-corrected chi connectivity index (χ1v) is 7.18. The van der Waals surface area contributed by atoms with Gasteiger partial charge in [0, 0.05) is 17.2 Å². The minimum atomic E-state index is -0.327. The van der Waals surface area contributed by atoms with Crippen molar-refractivity contribution in [3.05, 3.63) is 64.4 Å². The number of aliphatic hydroxyl groups is 1. The van der Waals surface area contributed by atoms with Crippen molar-refractivity contribution in [2.75, 3.05) is 13.7 Å². The van der Waals surface area contributed by atoms with Crippen LogP contribution in [-0.2, 0) is 12.8 Å². The molecule has 0 saturated carbocycles. The Balaban J connectivity index is 2.13. The molecule has 2 aromatic carbocycles. The monoisotopic (exact) mass is 308 g/mol. The summed E-state index contributed by atoms with van der Waals surface area (Å²) in [6, 6.07) is 12.3. The van der Waals surface area contributed by atoms with Gasteiger partial charge in [0.1, 0.15) is 11.6 Å². The third-order valence-electron chi connectivity index (χ3n) is 3.47. The highest BCUT2D eigenvalue weighted by molar-refractivity contribution is 6.31. The third-order valence-corrected chi connectivity index (χ3v) is 3.83. The fourth-order valence-corrected chi connectivity index (χ4v) is 2.59. The minimum absolute atomic E-state index is 0.0259. The van der Waals surface area contributed by atoms with E-state index in [1.807, 2.05) is 24.3 Å². The van der Waals surface area contributed by atoms with Crippen LogP contribution in [0.15, 0.2) is 42.5 Å². The predicted octanol–water partition coefficient (Wildman–Crippen LogP) is 3.88. The van der Waals surface area contributed by atoms with Crippen LogP contribution in [0.25, 0.3) is 0 Å². The van der Waals surface area contributed by atoms with Crippen molar-refractivity contribution in [3.8, 4) is 5.75 Å². The largest absolute Gasteiger partial charge is 0.497 e.